The summed E-state index contributed by atoms with van der Waals surface area (Å²) in [6.45, 7) is 10.9. The van der Waals surface area contributed by atoms with Gasteiger partial charge in [-0.15, -0.1) is 6.58 Å². The third-order valence-corrected chi connectivity index (χ3v) is 2.45. The Kier molecular flexibility index (Phi) is 3.94. The Labute approximate surface area is 80.9 Å². The van der Waals surface area contributed by atoms with Crippen molar-refractivity contribution < 1.29 is 9.47 Å². The topological polar surface area (TPSA) is 18.5 Å². The molecule has 2 nitrogen and oxygen atoms in total. The van der Waals surface area contributed by atoms with Crippen molar-refractivity contribution in [2.75, 3.05) is 6.61 Å². The Balaban J connectivity index is 2.33. The quantitative estimate of drug-likeness (QED) is 0.628. The van der Waals surface area contributed by atoms with Gasteiger partial charge in [0.15, 0.2) is 6.29 Å². The Bertz CT molecular complexity index is 177. The van der Waals surface area contributed by atoms with Crippen LogP contribution in [0.15, 0.2) is 12.2 Å². The van der Waals surface area contributed by atoms with Gasteiger partial charge in [-0.3, -0.25) is 0 Å². The summed E-state index contributed by atoms with van der Waals surface area (Å²) in [6.07, 6.45) is 2.44. The smallest absolute Gasteiger partial charge is 0.155 e. The Morgan fingerprint density at radius 1 is 1.46 bits per heavy atom. The van der Waals surface area contributed by atoms with Crippen LogP contribution in [0.1, 0.15) is 33.6 Å². The summed E-state index contributed by atoms with van der Waals surface area (Å²) < 4.78 is 11.1. The maximum atomic E-state index is 5.69. The van der Waals surface area contributed by atoms with Gasteiger partial charge in [-0.2, -0.15) is 0 Å². The lowest BCUT2D eigenvalue weighted by molar-refractivity contribution is -0.225. The molecule has 13 heavy (non-hydrogen) atoms. The molecule has 0 aromatic rings. The molecule has 1 heterocycles. The molecule has 0 aromatic heterocycles. The zero-order valence-electron chi connectivity index (χ0n) is 8.88. The highest BCUT2D eigenvalue weighted by Gasteiger charge is 2.25. The van der Waals surface area contributed by atoms with Crippen LogP contribution < -0.4 is 0 Å². The molecule has 0 radical (unpaired) electrons. The molecule has 0 spiro atoms. The van der Waals surface area contributed by atoms with Gasteiger partial charge in [0.1, 0.15) is 0 Å². The number of hydrogen-bond donors (Lipinski definition) is 0. The second kappa shape index (κ2) is 4.77. The standard InChI is InChI=1S/C11H20O2/c1-8(2)5-6-11-9(3)7-12-10(4)13-11/h9-11H,1,5-7H2,2-4H3/t9-,10?,11+/m0/s1. The minimum Gasteiger partial charge on any atom is -0.353 e. The van der Waals surface area contributed by atoms with Gasteiger partial charge in [0, 0.05) is 5.92 Å². The molecule has 1 fully saturated rings. The highest BCUT2D eigenvalue weighted by molar-refractivity contribution is 4.89. The van der Waals surface area contributed by atoms with E-state index in [1.165, 1.54) is 5.57 Å². The fourth-order valence-corrected chi connectivity index (χ4v) is 1.56. The number of hydrogen-bond acceptors (Lipinski definition) is 2. The molecule has 1 saturated heterocycles. The molecule has 0 amide bonds. The van der Waals surface area contributed by atoms with E-state index in [1.54, 1.807) is 0 Å². The van der Waals surface area contributed by atoms with Crippen LogP contribution in [-0.4, -0.2) is 19.0 Å². The largest absolute Gasteiger partial charge is 0.353 e. The molecular weight excluding hydrogens is 164 g/mol. The predicted octanol–water partition coefficient (Wildman–Crippen LogP) is 2.74. The van der Waals surface area contributed by atoms with Gasteiger partial charge in [-0.05, 0) is 26.7 Å². The molecule has 1 rings (SSSR count). The van der Waals surface area contributed by atoms with Gasteiger partial charge in [0.25, 0.3) is 0 Å². The van der Waals surface area contributed by atoms with Gasteiger partial charge in [-0.25, -0.2) is 0 Å². The van der Waals surface area contributed by atoms with E-state index in [-0.39, 0.29) is 6.29 Å². The van der Waals surface area contributed by atoms with E-state index in [2.05, 4.69) is 20.4 Å². The Hall–Kier alpha value is -0.340. The minimum absolute atomic E-state index is 0.0358. The van der Waals surface area contributed by atoms with Crippen LogP contribution in [0.2, 0.25) is 0 Å². The van der Waals surface area contributed by atoms with Crippen LogP contribution in [0.3, 0.4) is 0 Å². The van der Waals surface area contributed by atoms with Crippen molar-refractivity contribution >= 4 is 0 Å². The van der Waals surface area contributed by atoms with Crippen LogP contribution in [0.5, 0.6) is 0 Å². The Morgan fingerprint density at radius 3 is 2.77 bits per heavy atom. The van der Waals surface area contributed by atoms with E-state index in [9.17, 15) is 0 Å². The normalized spacial score (nSPS) is 34.5. The summed E-state index contributed by atoms with van der Waals surface area (Å²) in [5.74, 6) is 0.510. The second-order valence-corrected chi connectivity index (χ2v) is 4.05. The first-order valence-electron chi connectivity index (χ1n) is 5.01. The van der Waals surface area contributed by atoms with Gasteiger partial charge in [0.05, 0.1) is 12.7 Å². The SMILES string of the molecule is C=C(C)CC[C@H]1OC(C)OC[C@@H]1C. The maximum absolute atomic E-state index is 5.69. The number of allylic oxidation sites excluding steroid dienone is 1. The first-order chi connectivity index (χ1) is 6.09. The van der Waals surface area contributed by atoms with Gasteiger partial charge in [0.2, 0.25) is 0 Å². The molecule has 1 unspecified atom stereocenters. The van der Waals surface area contributed by atoms with Crippen LogP contribution in [-0.2, 0) is 9.47 Å². The van der Waals surface area contributed by atoms with E-state index in [1.807, 2.05) is 6.92 Å². The second-order valence-electron chi connectivity index (χ2n) is 4.05. The highest BCUT2D eigenvalue weighted by Crippen LogP contribution is 2.22. The zero-order chi connectivity index (χ0) is 9.84. The molecule has 0 saturated carbocycles. The summed E-state index contributed by atoms with van der Waals surface area (Å²) in [5, 5.41) is 0. The average Bonchev–Trinajstić information content (AvgIpc) is 2.06. The van der Waals surface area contributed by atoms with Crippen molar-refractivity contribution in [3.63, 3.8) is 0 Å². The van der Waals surface area contributed by atoms with E-state index in [0.717, 1.165) is 19.4 Å². The van der Waals surface area contributed by atoms with Crippen LogP contribution >= 0.6 is 0 Å². The molecule has 3 atom stereocenters. The molecule has 1 aliphatic rings. The fourth-order valence-electron chi connectivity index (χ4n) is 1.56. The van der Waals surface area contributed by atoms with Gasteiger partial charge < -0.3 is 9.47 Å². The first kappa shape index (κ1) is 10.7. The minimum atomic E-state index is -0.0358. The molecule has 0 aromatic carbocycles. The molecule has 2 heteroatoms. The van der Waals surface area contributed by atoms with Crippen molar-refractivity contribution in [1.29, 1.82) is 0 Å². The zero-order valence-corrected chi connectivity index (χ0v) is 8.88. The molecular formula is C11H20O2. The average molecular weight is 184 g/mol. The van der Waals surface area contributed by atoms with E-state index in [0.29, 0.717) is 12.0 Å². The summed E-state index contributed by atoms with van der Waals surface area (Å²) in [5.41, 5.74) is 1.23. The van der Waals surface area contributed by atoms with Gasteiger partial charge in [-0.1, -0.05) is 12.5 Å². The monoisotopic (exact) mass is 184 g/mol. The number of ether oxygens (including phenoxy) is 2. The first-order valence-corrected chi connectivity index (χ1v) is 5.01. The molecule has 0 bridgehead atoms. The molecule has 1 aliphatic heterocycles. The van der Waals surface area contributed by atoms with Crippen molar-refractivity contribution in [2.24, 2.45) is 5.92 Å². The van der Waals surface area contributed by atoms with Gasteiger partial charge >= 0.3 is 0 Å². The lowest BCUT2D eigenvalue weighted by atomic mass is 9.98. The van der Waals surface area contributed by atoms with Crippen molar-refractivity contribution in [1.82, 2.24) is 0 Å². The predicted molar refractivity (Wildman–Crippen MR) is 53.5 cm³/mol. The fraction of sp³-hybridized carbons (Fsp3) is 0.818. The van der Waals surface area contributed by atoms with Crippen LogP contribution in [0.4, 0.5) is 0 Å². The third-order valence-electron chi connectivity index (χ3n) is 2.45. The van der Waals surface area contributed by atoms with Crippen molar-refractivity contribution in [3.05, 3.63) is 12.2 Å². The van der Waals surface area contributed by atoms with E-state index >= 15 is 0 Å². The van der Waals surface area contributed by atoms with Crippen LogP contribution in [0.25, 0.3) is 0 Å². The summed E-state index contributed by atoms with van der Waals surface area (Å²) in [6, 6.07) is 0. The number of rotatable bonds is 3. The lowest BCUT2D eigenvalue weighted by Gasteiger charge is -2.33. The molecule has 0 aliphatic carbocycles. The van der Waals surface area contributed by atoms with E-state index in [4.69, 9.17) is 9.47 Å². The third kappa shape index (κ3) is 3.49. The highest BCUT2D eigenvalue weighted by atomic mass is 16.7. The van der Waals surface area contributed by atoms with E-state index < -0.39 is 0 Å². The maximum Gasteiger partial charge on any atom is 0.155 e. The molecule has 76 valence electrons. The van der Waals surface area contributed by atoms with Crippen molar-refractivity contribution in [3.8, 4) is 0 Å². The summed E-state index contributed by atoms with van der Waals surface area (Å²) >= 11 is 0. The Morgan fingerprint density at radius 2 is 2.15 bits per heavy atom. The van der Waals surface area contributed by atoms with Crippen LogP contribution in [0, 0.1) is 5.92 Å². The summed E-state index contributed by atoms with van der Waals surface area (Å²) in [4.78, 5) is 0. The summed E-state index contributed by atoms with van der Waals surface area (Å²) in [7, 11) is 0. The molecule has 0 N–H and O–H groups in total. The lowest BCUT2D eigenvalue weighted by Crippen LogP contribution is -2.37. The van der Waals surface area contributed by atoms with Crippen molar-refractivity contribution in [2.45, 2.75) is 46.0 Å².